The molecular weight excluding hydrogens is 462 g/mol. The molecule has 0 aliphatic carbocycles. The second-order valence-electron chi connectivity index (χ2n) is 8.63. The highest BCUT2D eigenvalue weighted by Gasteiger charge is 2.41. The lowest BCUT2D eigenvalue weighted by Gasteiger charge is -2.36. The lowest BCUT2D eigenvalue weighted by molar-refractivity contribution is -0.138. The summed E-state index contributed by atoms with van der Waals surface area (Å²) >= 11 is 1.45. The third-order valence-corrected chi connectivity index (χ3v) is 6.74. The Labute approximate surface area is 209 Å². The molecule has 1 amide bonds. The zero-order valence-electron chi connectivity index (χ0n) is 20.1. The highest BCUT2D eigenvalue weighted by molar-refractivity contribution is 8.16. The van der Waals surface area contributed by atoms with Crippen molar-refractivity contribution < 1.29 is 18.7 Å². The number of ether oxygens (including phenoxy) is 1. The fourth-order valence-electron chi connectivity index (χ4n) is 4.05. The fourth-order valence-corrected chi connectivity index (χ4v) is 5.01. The van der Waals surface area contributed by atoms with Gasteiger partial charge < -0.3 is 19.4 Å². The summed E-state index contributed by atoms with van der Waals surface area (Å²) in [5.41, 5.74) is 3.96. The number of fused-ring (bicyclic) bond motifs is 1. The number of hydrogen-bond acceptors (Lipinski definition) is 7. The van der Waals surface area contributed by atoms with Crippen molar-refractivity contribution >= 4 is 28.8 Å². The molecule has 8 heteroatoms. The van der Waals surface area contributed by atoms with E-state index in [1.807, 2.05) is 35.4 Å². The van der Waals surface area contributed by atoms with E-state index in [9.17, 15) is 9.59 Å². The molecule has 0 unspecified atom stereocenters. The molecule has 0 bridgehead atoms. The maximum atomic E-state index is 13.1. The summed E-state index contributed by atoms with van der Waals surface area (Å²) in [6.07, 6.45) is 3.25. The quantitative estimate of drug-likeness (QED) is 0.373. The maximum Gasteiger partial charge on any atom is 0.338 e. The molecule has 0 saturated heterocycles. The van der Waals surface area contributed by atoms with Gasteiger partial charge in [-0.3, -0.25) is 4.79 Å². The summed E-state index contributed by atoms with van der Waals surface area (Å²) in [7, 11) is 0. The predicted octanol–water partition coefficient (Wildman–Crippen LogP) is 5.41. The van der Waals surface area contributed by atoms with Gasteiger partial charge in [0.2, 0.25) is 5.91 Å². The number of nitrogens with one attached hydrogen (secondary N) is 1. The molecule has 182 valence electrons. The second-order valence-corrected chi connectivity index (χ2v) is 9.47. The van der Waals surface area contributed by atoms with Crippen LogP contribution in [-0.4, -0.2) is 28.6 Å². The number of furan rings is 1. The summed E-state index contributed by atoms with van der Waals surface area (Å²) in [5, 5.41) is 5.54. The topological polar surface area (TPSA) is 84.1 Å². The van der Waals surface area contributed by atoms with Crippen molar-refractivity contribution in [2.45, 2.75) is 45.7 Å². The molecule has 1 aromatic heterocycles. The minimum absolute atomic E-state index is 0.109. The van der Waals surface area contributed by atoms with Crippen molar-refractivity contribution in [3.8, 4) is 0 Å². The molecule has 2 aliphatic heterocycles. The standard InChI is InChI=1S/C27H29N3O4S/c1-5-12-34-26(32)24-18(4)29-27-30(25(24)20-10-8-19(9-11-20)17(2)3)21(16-35-27)14-23(31)28-15-22-7-6-13-33-22/h5-11,13,16-17,25H,1,12,14-15H2,2-4H3,(H,28,31)/t25-/m1/s1. The number of amides is 1. The third-order valence-electron chi connectivity index (χ3n) is 5.85. The maximum absolute atomic E-state index is 13.1. The normalized spacial score (nSPS) is 17.1. The van der Waals surface area contributed by atoms with Crippen molar-refractivity contribution in [3.63, 3.8) is 0 Å². The van der Waals surface area contributed by atoms with Crippen LogP contribution in [-0.2, 0) is 20.9 Å². The number of benzene rings is 1. The number of esters is 1. The van der Waals surface area contributed by atoms with Crippen LogP contribution < -0.4 is 5.32 Å². The number of hydrogen-bond donors (Lipinski definition) is 1. The number of rotatable bonds is 9. The van der Waals surface area contributed by atoms with Crippen LogP contribution in [0.4, 0.5) is 0 Å². The first-order valence-corrected chi connectivity index (χ1v) is 12.4. The van der Waals surface area contributed by atoms with Gasteiger partial charge in [-0.2, -0.15) is 0 Å². The molecule has 1 atom stereocenters. The number of amidine groups is 1. The van der Waals surface area contributed by atoms with Gasteiger partial charge in [0, 0.05) is 5.70 Å². The number of carbonyl (C=O) groups excluding carboxylic acids is 2. The van der Waals surface area contributed by atoms with Crippen molar-refractivity contribution in [1.29, 1.82) is 0 Å². The van der Waals surface area contributed by atoms with Gasteiger partial charge in [-0.25, -0.2) is 9.79 Å². The average Bonchev–Trinajstić information content (AvgIpc) is 3.50. The summed E-state index contributed by atoms with van der Waals surface area (Å²) in [4.78, 5) is 32.6. The van der Waals surface area contributed by atoms with Crippen LogP contribution >= 0.6 is 11.8 Å². The van der Waals surface area contributed by atoms with Crippen LogP contribution in [0, 0.1) is 0 Å². The van der Waals surface area contributed by atoms with Crippen molar-refractivity contribution in [2.24, 2.45) is 4.99 Å². The summed E-state index contributed by atoms with van der Waals surface area (Å²) in [6.45, 7) is 10.2. The molecule has 2 aromatic rings. The van der Waals surface area contributed by atoms with Crippen LogP contribution in [0.25, 0.3) is 0 Å². The number of nitrogens with zero attached hydrogens (tertiary/aromatic N) is 2. The van der Waals surface area contributed by atoms with Crippen molar-refractivity contribution in [2.75, 3.05) is 6.61 Å². The Morgan fingerprint density at radius 3 is 2.71 bits per heavy atom. The van der Waals surface area contributed by atoms with E-state index in [4.69, 9.17) is 9.15 Å². The molecule has 1 aromatic carbocycles. The highest BCUT2D eigenvalue weighted by Crippen LogP contribution is 2.45. The predicted molar refractivity (Wildman–Crippen MR) is 137 cm³/mol. The largest absolute Gasteiger partial charge is 0.467 e. The van der Waals surface area contributed by atoms with Gasteiger partial charge in [0.15, 0.2) is 5.17 Å². The minimum Gasteiger partial charge on any atom is -0.467 e. The number of carbonyl (C=O) groups is 2. The highest BCUT2D eigenvalue weighted by atomic mass is 32.2. The van der Waals surface area contributed by atoms with E-state index >= 15 is 0 Å². The molecule has 0 radical (unpaired) electrons. The molecule has 4 rings (SSSR count). The van der Waals surface area contributed by atoms with E-state index in [-0.39, 0.29) is 18.9 Å². The summed E-state index contributed by atoms with van der Waals surface area (Å²) < 4.78 is 10.7. The summed E-state index contributed by atoms with van der Waals surface area (Å²) in [6, 6.07) is 11.4. The molecule has 35 heavy (non-hydrogen) atoms. The average molecular weight is 492 g/mol. The molecule has 0 saturated carbocycles. The zero-order chi connectivity index (χ0) is 24.9. The molecule has 2 aliphatic rings. The first-order valence-electron chi connectivity index (χ1n) is 11.5. The van der Waals surface area contributed by atoms with E-state index in [1.54, 1.807) is 12.3 Å². The number of allylic oxidation sites excluding steroid dienone is 1. The Morgan fingerprint density at radius 2 is 2.06 bits per heavy atom. The number of thioether (sulfide) groups is 1. The molecule has 0 fully saturated rings. The van der Waals surface area contributed by atoms with Crippen LogP contribution in [0.15, 0.2) is 87.1 Å². The Morgan fingerprint density at radius 1 is 1.29 bits per heavy atom. The van der Waals surface area contributed by atoms with E-state index < -0.39 is 12.0 Å². The van der Waals surface area contributed by atoms with Gasteiger partial charge in [0.05, 0.1) is 36.5 Å². The molecule has 1 N–H and O–H groups in total. The van der Waals surface area contributed by atoms with Crippen molar-refractivity contribution in [1.82, 2.24) is 10.2 Å². The van der Waals surface area contributed by atoms with Crippen molar-refractivity contribution in [3.05, 3.63) is 94.6 Å². The van der Waals surface area contributed by atoms with E-state index in [0.29, 0.717) is 29.5 Å². The van der Waals surface area contributed by atoms with Crippen LogP contribution in [0.5, 0.6) is 0 Å². The Kier molecular flexibility index (Phi) is 7.60. The third kappa shape index (κ3) is 5.43. The zero-order valence-corrected chi connectivity index (χ0v) is 20.9. The van der Waals surface area contributed by atoms with E-state index in [2.05, 4.69) is 42.9 Å². The Balaban J connectivity index is 1.64. The monoisotopic (exact) mass is 491 g/mol. The van der Waals surface area contributed by atoms with Gasteiger partial charge >= 0.3 is 5.97 Å². The van der Waals surface area contributed by atoms with Gasteiger partial charge in [-0.15, -0.1) is 0 Å². The first kappa shape index (κ1) is 24.6. The first-order chi connectivity index (χ1) is 16.9. The van der Waals surface area contributed by atoms with E-state index in [1.165, 1.54) is 23.4 Å². The molecule has 3 heterocycles. The SMILES string of the molecule is C=CCOC(=O)C1=C(C)N=C2SC=C(CC(=O)NCc3ccco3)N2[C@@H]1c1ccc(C(C)C)cc1. The van der Waals surface area contributed by atoms with Gasteiger partial charge in [0.25, 0.3) is 0 Å². The van der Waals surface area contributed by atoms with Gasteiger partial charge in [0.1, 0.15) is 12.4 Å². The lowest BCUT2D eigenvalue weighted by Crippen LogP contribution is -2.38. The molecular formula is C27H29N3O4S. The Hall–Kier alpha value is -3.52. The summed E-state index contributed by atoms with van der Waals surface area (Å²) in [5.74, 6) is 0.479. The molecule has 7 nitrogen and oxygen atoms in total. The van der Waals surface area contributed by atoms with Crippen LogP contribution in [0.1, 0.15) is 56.0 Å². The van der Waals surface area contributed by atoms with E-state index in [0.717, 1.165) is 16.4 Å². The Bertz CT molecular complexity index is 1190. The minimum atomic E-state index is -0.458. The fraction of sp³-hybridized carbons (Fsp3) is 0.296. The van der Waals surface area contributed by atoms with Crippen LogP contribution in [0.3, 0.4) is 0 Å². The van der Waals surface area contributed by atoms with Gasteiger partial charge in [-0.05, 0) is 41.5 Å². The molecule has 0 spiro atoms. The van der Waals surface area contributed by atoms with Gasteiger partial charge in [-0.1, -0.05) is 62.5 Å². The lowest BCUT2D eigenvalue weighted by atomic mass is 9.92. The van der Waals surface area contributed by atoms with Crippen LogP contribution in [0.2, 0.25) is 0 Å². The number of aliphatic imine (C=N–C) groups is 1. The second kappa shape index (κ2) is 10.8. The smallest absolute Gasteiger partial charge is 0.338 e.